The number of methoxy groups -OCH3 is 1. The minimum atomic E-state index is -0.547. The highest BCUT2D eigenvalue weighted by Crippen LogP contribution is 2.21. The Morgan fingerprint density at radius 3 is 2.75 bits per heavy atom. The van der Waals surface area contributed by atoms with Gasteiger partial charge in [-0.2, -0.15) is 0 Å². The summed E-state index contributed by atoms with van der Waals surface area (Å²) in [6.07, 6.45) is 0. The Hall–Kier alpha value is -2.22. The maximum Gasteiger partial charge on any atom is 0.291 e. The van der Waals surface area contributed by atoms with E-state index >= 15 is 0 Å². The number of carbonyl (C=O) groups is 1. The number of hydrogen-bond acceptors (Lipinski definition) is 6. The standard InChI is InChI=1S/C12H13N3O4S/c1-15-11(12(17)19-14-15)20-7-10(16)13-8-3-5-9(18-2)6-4-8/h3-6H,7H2,1-2H3,(H-,13,14,16,17). The van der Waals surface area contributed by atoms with Crippen molar-refractivity contribution in [1.82, 2.24) is 5.27 Å². The molecule has 8 heteroatoms. The third-order valence-corrected chi connectivity index (χ3v) is 3.54. The highest BCUT2D eigenvalue weighted by molar-refractivity contribution is 7.99. The van der Waals surface area contributed by atoms with Crippen LogP contribution in [0.2, 0.25) is 0 Å². The first-order valence-corrected chi connectivity index (χ1v) is 6.68. The van der Waals surface area contributed by atoms with E-state index in [0.29, 0.717) is 11.4 Å². The fourth-order valence-electron chi connectivity index (χ4n) is 1.46. The summed E-state index contributed by atoms with van der Waals surface area (Å²) >= 11 is 1.07. The largest absolute Gasteiger partial charge is 0.538 e. The van der Waals surface area contributed by atoms with Crippen molar-refractivity contribution in [3.05, 3.63) is 24.3 Å². The van der Waals surface area contributed by atoms with Crippen LogP contribution < -0.4 is 19.8 Å². The van der Waals surface area contributed by atoms with E-state index in [2.05, 4.69) is 15.1 Å². The zero-order valence-electron chi connectivity index (χ0n) is 11.0. The molecule has 7 nitrogen and oxygen atoms in total. The Morgan fingerprint density at radius 2 is 2.20 bits per heavy atom. The molecular weight excluding hydrogens is 282 g/mol. The van der Waals surface area contributed by atoms with Crippen molar-refractivity contribution in [1.29, 1.82) is 0 Å². The van der Waals surface area contributed by atoms with Crippen LogP contribution in [0, 0.1) is 0 Å². The molecule has 106 valence electrons. The fourth-order valence-corrected chi connectivity index (χ4v) is 2.18. The summed E-state index contributed by atoms with van der Waals surface area (Å²) in [6.45, 7) is 0. The van der Waals surface area contributed by atoms with Gasteiger partial charge in [0.2, 0.25) is 5.91 Å². The average Bonchev–Trinajstić information content (AvgIpc) is 2.77. The lowest BCUT2D eigenvalue weighted by molar-refractivity contribution is -0.772. The number of ether oxygens (including phenoxy) is 1. The van der Waals surface area contributed by atoms with E-state index in [1.54, 1.807) is 38.4 Å². The molecule has 0 unspecified atom stereocenters. The van der Waals surface area contributed by atoms with Crippen LogP contribution in [-0.4, -0.2) is 24.0 Å². The van der Waals surface area contributed by atoms with Crippen molar-refractivity contribution in [2.45, 2.75) is 5.03 Å². The smallest absolute Gasteiger partial charge is 0.291 e. The Labute approximate surface area is 119 Å². The van der Waals surface area contributed by atoms with Crippen LogP contribution in [0.5, 0.6) is 11.7 Å². The summed E-state index contributed by atoms with van der Waals surface area (Å²) in [5.74, 6) is 0.0384. The molecule has 0 fully saturated rings. The van der Waals surface area contributed by atoms with Gasteiger partial charge in [-0.1, -0.05) is 4.68 Å². The molecule has 0 aliphatic heterocycles. The van der Waals surface area contributed by atoms with Crippen molar-refractivity contribution in [2.24, 2.45) is 7.05 Å². The molecule has 1 heterocycles. The van der Waals surface area contributed by atoms with Gasteiger partial charge in [0.05, 0.1) is 18.1 Å². The second kappa shape index (κ2) is 6.29. The van der Waals surface area contributed by atoms with Crippen molar-refractivity contribution >= 4 is 23.4 Å². The van der Waals surface area contributed by atoms with Gasteiger partial charge in [-0.25, -0.2) is 0 Å². The molecule has 0 atom stereocenters. The van der Waals surface area contributed by atoms with Crippen LogP contribution >= 0.6 is 11.8 Å². The number of anilines is 1. The Kier molecular flexibility index (Phi) is 4.46. The molecule has 0 aliphatic rings. The Morgan fingerprint density at radius 1 is 1.50 bits per heavy atom. The number of nitrogens with one attached hydrogen (secondary N) is 1. The normalized spacial score (nSPS) is 10.3. The molecule has 1 aromatic carbocycles. The SMILES string of the molecule is COc1ccc(NC(=O)CSc2c([O-])on[n+]2C)cc1. The molecular formula is C12H13N3O4S. The summed E-state index contributed by atoms with van der Waals surface area (Å²) < 4.78 is 10.8. The molecule has 0 spiro atoms. The van der Waals surface area contributed by atoms with Crippen LogP contribution in [-0.2, 0) is 11.8 Å². The molecule has 0 saturated heterocycles. The third-order valence-electron chi connectivity index (χ3n) is 2.43. The second-order valence-corrected chi connectivity index (χ2v) is 4.82. The number of aryl methyl sites for hydroxylation is 1. The van der Waals surface area contributed by atoms with Gasteiger partial charge in [0, 0.05) is 5.69 Å². The number of hydrogen-bond donors (Lipinski definition) is 1. The predicted molar refractivity (Wildman–Crippen MR) is 69.5 cm³/mol. The van der Waals surface area contributed by atoms with Crippen LogP contribution in [0.15, 0.2) is 33.8 Å². The van der Waals surface area contributed by atoms with E-state index < -0.39 is 5.95 Å². The number of aromatic nitrogens is 2. The van der Waals surface area contributed by atoms with Crippen LogP contribution in [0.3, 0.4) is 0 Å². The summed E-state index contributed by atoms with van der Waals surface area (Å²) in [4.78, 5) is 11.8. The highest BCUT2D eigenvalue weighted by atomic mass is 32.2. The lowest BCUT2D eigenvalue weighted by atomic mass is 10.3. The van der Waals surface area contributed by atoms with Crippen molar-refractivity contribution in [3.63, 3.8) is 0 Å². The monoisotopic (exact) mass is 295 g/mol. The minimum absolute atomic E-state index is 0.0936. The zero-order chi connectivity index (χ0) is 14.5. The number of thioether (sulfide) groups is 1. The average molecular weight is 295 g/mol. The number of amides is 1. The fraction of sp³-hybridized carbons (Fsp3) is 0.250. The number of benzene rings is 1. The first-order chi connectivity index (χ1) is 9.60. The van der Waals surface area contributed by atoms with E-state index in [1.165, 1.54) is 4.68 Å². The molecule has 2 rings (SSSR count). The Balaban J connectivity index is 1.89. The van der Waals surface area contributed by atoms with Gasteiger partial charge in [0.25, 0.3) is 5.03 Å². The topological polar surface area (TPSA) is 91.3 Å². The summed E-state index contributed by atoms with van der Waals surface area (Å²) in [6, 6.07) is 6.97. The molecule has 1 amide bonds. The van der Waals surface area contributed by atoms with Gasteiger partial charge in [-0.05, 0) is 36.0 Å². The Bertz CT molecular complexity index is 578. The number of carbonyl (C=O) groups excluding carboxylic acids is 1. The molecule has 0 radical (unpaired) electrons. The van der Waals surface area contributed by atoms with E-state index in [9.17, 15) is 9.90 Å². The number of nitrogens with zero attached hydrogens (tertiary/aromatic N) is 2. The van der Waals surface area contributed by atoms with Crippen molar-refractivity contribution in [2.75, 3.05) is 18.2 Å². The zero-order valence-corrected chi connectivity index (χ0v) is 11.8. The van der Waals surface area contributed by atoms with E-state index in [1.807, 2.05) is 0 Å². The predicted octanol–water partition coefficient (Wildman–Crippen LogP) is 0.312. The summed E-state index contributed by atoms with van der Waals surface area (Å²) in [5.41, 5.74) is 0.661. The van der Waals surface area contributed by atoms with E-state index in [-0.39, 0.29) is 16.7 Å². The van der Waals surface area contributed by atoms with Crippen LogP contribution in [0.4, 0.5) is 5.69 Å². The highest BCUT2D eigenvalue weighted by Gasteiger charge is 2.15. The van der Waals surface area contributed by atoms with Gasteiger partial charge < -0.3 is 19.7 Å². The molecule has 2 aromatic rings. The molecule has 1 N–H and O–H groups in total. The maximum atomic E-state index is 11.8. The summed E-state index contributed by atoms with van der Waals surface area (Å²) in [7, 11) is 3.15. The van der Waals surface area contributed by atoms with Crippen molar-refractivity contribution in [3.8, 4) is 11.7 Å². The van der Waals surface area contributed by atoms with Gasteiger partial charge in [0.15, 0.2) is 13.0 Å². The van der Waals surface area contributed by atoms with Crippen LogP contribution in [0.1, 0.15) is 0 Å². The van der Waals surface area contributed by atoms with Gasteiger partial charge in [-0.3, -0.25) is 4.79 Å². The molecule has 0 saturated carbocycles. The lowest BCUT2D eigenvalue weighted by Gasteiger charge is -2.05. The maximum absolute atomic E-state index is 11.8. The molecule has 1 aromatic heterocycles. The number of rotatable bonds is 5. The molecule has 0 aliphatic carbocycles. The molecule has 0 bridgehead atoms. The first-order valence-electron chi connectivity index (χ1n) is 5.70. The van der Waals surface area contributed by atoms with Crippen LogP contribution in [0.25, 0.3) is 0 Å². The van der Waals surface area contributed by atoms with E-state index in [0.717, 1.165) is 11.8 Å². The quantitative estimate of drug-likeness (QED) is 0.630. The van der Waals surface area contributed by atoms with Crippen molar-refractivity contribution < 1.29 is 23.8 Å². The van der Waals surface area contributed by atoms with Gasteiger partial charge in [-0.15, -0.1) is 0 Å². The van der Waals surface area contributed by atoms with Gasteiger partial charge >= 0.3 is 0 Å². The second-order valence-electron chi connectivity index (χ2n) is 3.85. The van der Waals surface area contributed by atoms with Gasteiger partial charge in [0.1, 0.15) is 5.75 Å². The minimum Gasteiger partial charge on any atom is -0.538 e. The third kappa shape index (κ3) is 3.41. The lowest BCUT2D eigenvalue weighted by Crippen LogP contribution is -2.32. The first kappa shape index (κ1) is 14.2. The molecule has 20 heavy (non-hydrogen) atoms. The van der Waals surface area contributed by atoms with E-state index in [4.69, 9.17) is 4.74 Å². The summed E-state index contributed by atoms with van der Waals surface area (Å²) in [5, 5.41) is 17.7.